The molecule has 0 unspecified atom stereocenters. The summed E-state index contributed by atoms with van der Waals surface area (Å²) in [6.45, 7) is 1.97. The molecule has 0 atom stereocenters. The third kappa shape index (κ3) is 3.50. The highest BCUT2D eigenvalue weighted by Crippen LogP contribution is 2.17. The fourth-order valence-corrected chi connectivity index (χ4v) is 1.68. The third-order valence-electron chi connectivity index (χ3n) is 2.63. The molecule has 4 nitrogen and oxygen atoms in total. The lowest BCUT2D eigenvalue weighted by atomic mass is 10.1. The molecule has 0 fully saturated rings. The number of hydrogen-bond acceptors (Lipinski definition) is 3. The number of aliphatic hydroxyl groups is 1. The van der Waals surface area contributed by atoms with Crippen molar-refractivity contribution in [3.63, 3.8) is 0 Å². The van der Waals surface area contributed by atoms with Crippen molar-refractivity contribution in [2.24, 2.45) is 0 Å². The molecular weight excluding hydrogens is 254 g/mol. The van der Waals surface area contributed by atoms with Crippen molar-refractivity contribution in [2.45, 2.75) is 13.3 Å². The van der Waals surface area contributed by atoms with Gasteiger partial charge < -0.3 is 14.8 Å². The van der Waals surface area contributed by atoms with E-state index in [4.69, 9.17) is 9.52 Å². The zero-order valence-electron chi connectivity index (χ0n) is 11.1. The number of furan rings is 1. The van der Waals surface area contributed by atoms with Crippen LogP contribution in [0.25, 0.3) is 0 Å². The normalized spacial score (nSPS) is 9.70. The Hall–Kier alpha value is -2.51. The maximum absolute atomic E-state index is 11.9. The Labute approximate surface area is 117 Å². The molecule has 0 spiro atoms. The lowest BCUT2D eigenvalue weighted by Gasteiger charge is -2.07. The quantitative estimate of drug-likeness (QED) is 0.842. The average Bonchev–Trinajstić information content (AvgIpc) is 2.96. The predicted molar refractivity (Wildman–Crippen MR) is 76.4 cm³/mol. The van der Waals surface area contributed by atoms with Crippen LogP contribution in [0, 0.1) is 18.8 Å². The van der Waals surface area contributed by atoms with E-state index in [-0.39, 0.29) is 18.3 Å². The van der Waals surface area contributed by atoms with Crippen LogP contribution in [0.2, 0.25) is 0 Å². The summed E-state index contributed by atoms with van der Waals surface area (Å²) in [5.41, 5.74) is 2.40. The van der Waals surface area contributed by atoms with Crippen LogP contribution in [0.15, 0.2) is 41.0 Å². The van der Waals surface area contributed by atoms with E-state index in [9.17, 15) is 4.79 Å². The van der Waals surface area contributed by atoms with Gasteiger partial charge in [0.2, 0.25) is 0 Å². The van der Waals surface area contributed by atoms with Gasteiger partial charge in [0.25, 0.3) is 5.91 Å². The number of rotatable bonds is 3. The van der Waals surface area contributed by atoms with E-state index >= 15 is 0 Å². The standard InChI is InChI=1S/C16H15NO3/c1-12-7-8-14(13(11-12)5-2-3-9-18)17-16(19)15-6-4-10-20-15/h4,6-8,10-11,18H,3,9H2,1H3,(H,17,19). The Morgan fingerprint density at radius 3 is 2.95 bits per heavy atom. The highest BCUT2D eigenvalue weighted by molar-refractivity contribution is 6.03. The molecule has 1 heterocycles. The number of hydrogen-bond donors (Lipinski definition) is 2. The molecule has 2 aromatic rings. The molecule has 0 saturated carbocycles. The third-order valence-corrected chi connectivity index (χ3v) is 2.63. The second kappa shape index (κ2) is 6.60. The van der Waals surface area contributed by atoms with Gasteiger partial charge in [0.1, 0.15) is 0 Å². The Balaban J connectivity index is 2.23. The Morgan fingerprint density at radius 2 is 2.25 bits per heavy atom. The average molecular weight is 269 g/mol. The van der Waals surface area contributed by atoms with Crippen molar-refractivity contribution in [1.29, 1.82) is 0 Å². The second-order valence-corrected chi connectivity index (χ2v) is 4.26. The summed E-state index contributed by atoms with van der Waals surface area (Å²) in [6, 6.07) is 8.85. The van der Waals surface area contributed by atoms with Crippen molar-refractivity contribution < 1.29 is 14.3 Å². The smallest absolute Gasteiger partial charge is 0.291 e. The van der Waals surface area contributed by atoms with Gasteiger partial charge in [0.15, 0.2) is 5.76 Å². The van der Waals surface area contributed by atoms with E-state index < -0.39 is 0 Å². The summed E-state index contributed by atoms with van der Waals surface area (Å²) in [4.78, 5) is 11.9. The van der Waals surface area contributed by atoms with Crippen LogP contribution >= 0.6 is 0 Å². The topological polar surface area (TPSA) is 62.5 Å². The number of carbonyl (C=O) groups is 1. The molecule has 2 rings (SSSR count). The van der Waals surface area contributed by atoms with Gasteiger partial charge in [0, 0.05) is 12.0 Å². The molecule has 4 heteroatoms. The van der Waals surface area contributed by atoms with Gasteiger partial charge in [-0.15, -0.1) is 0 Å². The van der Waals surface area contributed by atoms with Crippen LogP contribution in [0.5, 0.6) is 0 Å². The van der Waals surface area contributed by atoms with Crippen molar-refractivity contribution in [3.8, 4) is 11.8 Å². The first-order valence-corrected chi connectivity index (χ1v) is 6.26. The van der Waals surface area contributed by atoms with Crippen molar-refractivity contribution >= 4 is 11.6 Å². The Morgan fingerprint density at radius 1 is 1.40 bits per heavy atom. The Bertz CT molecular complexity index is 648. The molecule has 1 aromatic heterocycles. The molecule has 0 saturated heterocycles. The minimum Gasteiger partial charge on any atom is -0.459 e. The van der Waals surface area contributed by atoms with Crippen LogP contribution in [-0.2, 0) is 0 Å². The molecule has 1 amide bonds. The fourth-order valence-electron chi connectivity index (χ4n) is 1.68. The maximum atomic E-state index is 11.9. The number of aliphatic hydroxyl groups excluding tert-OH is 1. The minimum atomic E-state index is -0.316. The van der Waals surface area contributed by atoms with Crippen LogP contribution in [-0.4, -0.2) is 17.6 Å². The van der Waals surface area contributed by atoms with Gasteiger partial charge in [-0.1, -0.05) is 17.9 Å². The highest BCUT2D eigenvalue weighted by Gasteiger charge is 2.10. The molecule has 0 radical (unpaired) electrons. The summed E-state index contributed by atoms with van der Waals surface area (Å²) in [6.07, 6.45) is 1.85. The van der Waals surface area contributed by atoms with E-state index in [2.05, 4.69) is 17.2 Å². The number of nitrogens with one attached hydrogen (secondary N) is 1. The summed E-state index contributed by atoms with van der Waals surface area (Å²) in [5.74, 6) is 5.74. The van der Waals surface area contributed by atoms with Gasteiger partial charge in [-0.3, -0.25) is 4.79 Å². The van der Waals surface area contributed by atoms with Gasteiger partial charge in [-0.05, 0) is 36.8 Å². The van der Waals surface area contributed by atoms with Gasteiger partial charge in [-0.25, -0.2) is 0 Å². The second-order valence-electron chi connectivity index (χ2n) is 4.26. The first-order chi connectivity index (χ1) is 9.70. The Kier molecular flexibility index (Phi) is 4.59. The predicted octanol–water partition coefficient (Wildman–Crippen LogP) is 2.57. The molecule has 102 valence electrons. The molecule has 0 aliphatic heterocycles. The fraction of sp³-hybridized carbons (Fsp3) is 0.188. The largest absolute Gasteiger partial charge is 0.459 e. The van der Waals surface area contributed by atoms with Crippen LogP contribution in [0.4, 0.5) is 5.69 Å². The molecule has 0 aliphatic carbocycles. The lowest BCUT2D eigenvalue weighted by molar-refractivity contribution is 0.0996. The van der Waals surface area contributed by atoms with E-state index in [1.165, 1.54) is 6.26 Å². The summed E-state index contributed by atoms with van der Waals surface area (Å²) >= 11 is 0. The van der Waals surface area contributed by atoms with Crippen molar-refractivity contribution in [1.82, 2.24) is 0 Å². The van der Waals surface area contributed by atoms with E-state index in [1.54, 1.807) is 18.2 Å². The summed E-state index contributed by atoms with van der Waals surface area (Å²) < 4.78 is 5.05. The summed E-state index contributed by atoms with van der Waals surface area (Å²) in [7, 11) is 0. The number of carbonyl (C=O) groups excluding carboxylic acids is 1. The number of benzene rings is 1. The molecule has 0 bridgehead atoms. The van der Waals surface area contributed by atoms with Gasteiger partial charge in [-0.2, -0.15) is 0 Å². The number of anilines is 1. The van der Waals surface area contributed by atoms with Gasteiger partial charge in [0.05, 0.1) is 18.6 Å². The van der Waals surface area contributed by atoms with E-state index in [0.29, 0.717) is 12.1 Å². The van der Waals surface area contributed by atoms with E-state index in [0.717, 1.165) is 11.1 Å². The zero-order chi connectivity index (χ0) is 14.4. The molecular formula is C16H15NO3. The lowest BCUT2D eigenvalue weighted by Crippen LogP contribution is -2.12. The monoisotopic (exact) mass is 269 g/mol. The zero-order valence-corrected chi connectivity index (χ0v) is 11.1. The first kappa shape index (κ1) is 13.9. The van der Waals surface area contributed by atoms with Crippen molar-refractivity contribution in [3.05, 3.63) is 53.5 Å². The van der Waals surface area contributed by atoms with Crippen LogP contribution in [0.1, 0.15) is 28.1 Å². The van der Waals surface area contributed by atoms with E-state index in [1.807, 2.05) is 19.1 Å². The molecule has 1 aromatic carbocycles. The first-order valence-electron chi connectivity index (χ1n) is 6.26. The van der Waals surface area contributed by atoms with Gasteiger partial charge >= 0.3 is 0 Å². The van der Waals surface area contributed by atoms with Crippen LogP contribution < -0.4 is 5.32 Å². The van der Waals surface area contributed by atoms with Crippen LogP contribution in [0.3, 0.4) is 0 Å². The van der Waals surface area contributed by atoms with Crippen molar-refractivity contribution in [2.75, 3.05) is 11.9 Å². The number of amides is 1. The molecule has 20 heavy (non-hydrogen) atoms. The molecule has 2 N–H and O–H groups in total. The minimum absolute atomic E-state index is 0.0207. The SMILES string of the molecule is Cc1ccc(NC(=O)c2ccco2)c(C#CCCO)c1. The molecule has 0 aliphatic rings. The maximum Gasteiger partial charge on any atom is 0.291 e. The summed E-state index contributed by atoms with van der Waals surface area (Å²) in [5, 5.41) is 11.5. The highest BCUT2D eigenvalue weighted by atomic mass is 16.3. The number of aryl methyl sites for hydroxylation is 1.